The highest BCUT2D eigenvalue weighted by Gasteiger charge is 2.07. The predicted molar refractivity (Wildman–Crippen MR) is 79.6 cm³/mol. The monoisotopic (exact) mass is 273 g/mol. The number of nitrogens with two attached hydrogens (primary N) is 1. The molecule has 0 aliphatic heterocycles. The van der Waals surface area contributed by atoms with Crippen LogP contribution in [0.25, 0.3) is 0 Å². The molecular formula is C14H19N5O. The quantitative estimate of drug-likeness (QED) is 0.489. The zero-order valence-electron chi connectivity index (χ0n) is 11.6. The van der Waals surface area contributed by atoms with Gasteiger partial charge in [-0.15, -0.1) is 0 Å². The number of hydrazine groups is 1. The fraction of sp³-hybridized carbons (Fsp3) is 0.286. The highest BCUT2D eigenvalue weighted by atomic mass is 16.3. The van der Waals surface area contributed by atoms with Gasteiger partial charge in [0.1, 0.15) is 23.2 Å². The Morgan fingerprint density at radius 2 is 1.75 bits per heavy atom. The first-order chi connectivity index (χ1) is 9.60. The van der Waals surface area contributed by atoms with Gasteiger partial charge in [0.25, 0.3) is 0 Å². The number of hydrogen-bond donors (Lipinski definition) is 4. The lowest BCUT2D eigenvalue weighted by Gasteiger charge is -2.12. The zero-order valence-corrected chi connectivity index (χ0v) is 11.6. The number of nitrogens with one attached hydrogen (secondary N) is 2. The summed E-state index contributed by atoms with van der Waals surface area (Å²) in [7, 11) is 0. The van der Waals surface area contributed by atoms with Gasteiger partial charge in [0, 0.05) is 12.1 Å². The minimum atomic E-state index is 0.280. The van der Waals surface area contributed by atoms with Crippen LogP contribution in [0, 0.1) is 13.8 Å². The molecule has 2 rings (SSSR count). The summed E-state index contributed by atoms with van der Waals surface area (Å²) in [6.07, 6.45) is 0.841. The molecule has 0 atom stereocenters. The third-order valence-corrected chi connectivity index (χ3v) is 3.04. The Hall–Kier alpha value is -2.34. The smallest absolute Gasteiger partial charge is 0.148 e. The first-order valence-electron chi connectivity index (χ1n) is 6.44. The highest BCUT2D eigenvalue weighted by molar-refractivity contribution is 5.56. The summed E-state index contributed by atoms with van der Waals surface area (Å²) in [6, 6.07) is 7.18. The fourth-order valence-corrected chi connectivity index (χ4v) is 1.93. The van der Waals surface area contributed by atoms with E-state index in [0.717, 1.165) is 29.9 Å². The van der Waals surface area contributed by atoms with Gasteiger partial charge < -0.3 is 15.8 Å². The van der Waals surface area contributed by atoms with Gasteiger partial charge in [-0.2, -0.15) is 0 Å². The van der Waals surface area contributed by atoms with E-state index < -0.39 is 0 Å². The molecule has 0 spiro atoms. The molecule has 0 amide bonds. The maximum absolute atomic E-state index is 9.23. The third-order valence-electron chi connectivity index (χ3n) is 3.04. The van der Waals surface area contributed by atoms with Crippen molar-refractivity contribution in [3.63, 3.8) is 0 Å². The number of aromatic nitrogens is 2. The second-order valence-electron chi connectivity index (χ2n) is 4.58. The largest absolute Gasteiger partial charge is 0.508 e. The summed E-state index contributed by atoms with van der Waals surface area (Å²) in [6.45, 7) is 4.48. The zero-order chi connectivity index (χ0) is 14.5. The molecular weight excluding hydrogens is 254 g/mol. The van der Waals surface area contributed by atoms with E-state index in [1.807, 2.05) is 26.0 Å². The molecule has 20 heavy (non-hydrogen) atoms. The number of phenolic OH excluding ortho intramolecular Hbond substituents is 1. The molecule has 0 saturated heterocycles. The van der Waals surface area contributed by atoms with Crippen LogP contribution in [0.4, 0.5) is 11.6 Å². The molecule has 6 nitrogen and oxygen atoms in total. The molecule has 0 saturated carbocycles. The minimum absolute atomic E-state index is 0.280. The number of aromatic hydroxyl groups is 1. The Morgan fingerprint density at radius 3 is 2.40 bits per heavy atom. The summed E-state index contributed by atoms with van der Waals surface area (Å²) in [4.78, 5) is 8.58. The van der Waals surface area contributed by atoms with Gasteiger partial charge >= 0.3 is 0 Å². The molecule has 0 fully saturated rings. The van der Waals surface area contributed by atoms with Crippen molar-refractivity contribution in [1.82, 2.24) is 9.97 Å². The van der Waals surface area contributed by atoms with E-state index in [4.69, 9.17) is 5.84 Å². The van der Waals surface area contributed by atoms with Crippen molar-refractivity contribution in [3.05, 3.63) is 41.2 Å². The number of anilines is 2. The van der Waals surface area contributed by atoms with Crippen molar-refractivity contribution in [3.8, 4) is 5.75 Å². The maximum atomic E-state index is 9.23. The lowest BCUT2D eigenvalue weighted by molar-refractivity contribution is 0.475. The Bertz CT molecular complexity index is 583. The number of aryl methyl sites for hydroxylation is 1. The standard InChI is InChI=1S/C14H19N5O/c1-9-13(17-10(2)18-14(9)19-15)16-8-7-11-3-5-12(20)6-4-11/h3-6,20H,7-8,15H2,1-2H3,(H2,16,17,18,19). The van der Waals surface area contributed by atoms with E-state index in [1.54, 1.807) is 12.1 Å². The van der Waals surface area contributed by atoms with Crippen LogP contribution in [-0.2, 0) is 6.42 Å². The van der Waals surface area contributed by atoms with Crippen molar-refractivity contribution in [2.45, 2.75) is 20.3 Å². The van der Waals surface area contributed by atoms with E-state index in [1.165, 1.54) is 0 Å². The van der Waals surface area contributed by atoms with Gasteiger partial charge in [0.15, 0.2) is 0 Å². The van der Waals surface area contributed by atoms with E-state index in [0.29, 0.717) is 11.6 Å². The lowest BCUT2D eigenvalue weighted by atomic mass is 10.1. The van der Waals surface area contributed by atoms with Gasteiger partial charge in [0.2, 0.25) is 0 Å². The molecule has 0 aliphatic rings. The van der Waals surface area contributed by atoms with Crippen LogP contribution < -0.4 is 16.6 Å². The average Bonchev–Trinajstić information content (AvgIpc) is 2.44. The molecule has 6 heteroatoms. The van der Waals surface area contributed by atoms with E-state index in [-0.39, 0.29) is 5.75 Å². The normalized spacial score (nSPS) is 10.3. The van der Waals surface area contributed by atoms with Crippen molar-refractivity contribution < 1.29 is 5.11 Å². The van der Waals surface area contributed by atoms with Gasteiger partial charge in [-0.1, -0.05) is 12.1 Å². The number of nitrogens with zero attached hydrogens (tertiary/aromatic N) is 2. The maximum Gasteiger partial charge on any atom is 0.148 e. The fourth-order valence-electron chi connectivity index (χ4n) is 1.93. The van der Waals surface area contributed by atoms with Crippen molar-refractivity contribution >= 4 is 11.6 Å². The number of rotatable bonds is 5. The molecule has 0 unspecified atom stereocenters. The number of hydrogen-bond acceptors (Lipinski definition) is 6. The molecule has 5 N–H and O–H groups in total. The molecule has 0 aliphatic carbocycles. The Morgan fingerprint density at radius 1 is 1.10 bits per heavy atom. The SMILES string of the molecule is Cc1nc(NN)c(C)c(NCCc2ccc(O)cc2)n1. The van der Waals surface area contributed by atoms with Crippen LogP contribution in [0.5, 0.6) is 5.75 Å². The summed E-state index contributed by atoms with van der Waals surface area (Å²) < 4.78 is 0. The van der Waals surface area contributed by atoms with E-state index in [9.17, 15) is 5.11 Å². The Labute approximate surface area is 118 Å². The van der Waals surface area contributed by atoms with Gasteiger partial charge in [-0.25, -0.2) is 15.8 Å². The number of nitrogen functional groups attached to an aromatic ring is 1. The summed E-state index contributed by atoms with van der Waals surface area (Å²) in [5.41, 5.74) is 4.61. The van der Waals surface area contributed by atoms with Crippen molar-refractivity contribution in [1.29, 1.82) is 0 Å². The molecule has 1 aromatic carbocycles. The summed E-state index contributed by atoms with van der Waals surface area (Å²) in [5, 5.41) is 12.5. The predicted octanol–water partition coefficient (Wildman–Crippen LogP) is 1.74. The first-order valence-corrected chi connectivity index (χ1v) is 6.44. The molecule has 2 aromatic rings. The Kier molecular flexibility index (Phi) is 4.37. The van der Waals surface area contributed by atoms with Crippen LogP contribution in [0.1, 0.15) is 17.0 Å². The minimum Gasteiger partial charge on any atom is -0.508 e. The topological polar surface area (TPSA) is 96.1 Å². The van der Waals surface area contributed by atoms with Crippen molar-refractivity contribution in [2.24, 2.45) is 5.84 Å². The highest BCUT2D eigenvalue weighted by Crippen LogP contribution is 2.19. The molecule has 106 valence electrons. The van der Waals surface area contributed by atoms with Crippen molar-refractivity contribution in [2.75, 3.05) is 17.3 Å². The van der Waals surface area contributed by atoms with Crippen LogP contribution >= 0.6 is 0 Å². The number of phenols is 1. The third kappa shape index (κ3) is 3.36. The van der Waals surface area contributed by atoms with E-state index in [2.05, 4.69) is 20.7 Å². The summed E-state index contributed by atoms with van der Waals surface area (Å²) >= 11 is 0. The molecule has 1 heterocycles. The molecule has 0 radical (unpaired) electrons. The second-order valence-corrected chi connectivity index (χ2v) is 4.58. The van der Waals surface area contributed by atoms with E-state index >= 15 is 0 Å². The van der Waals surface area contributed by atoms with Gasteiger partial charge in [-0.3, -0.25) is 0 Å². The van der Waals surface area contributed by atoms with Crippen LogP contribution in [0.15, 0.2) is 24.3 Å². The van der Waals surface area contributed by atoms with Gasteiger partial charge in [0.05, 0.1) is 0 Å². The van der Waals surface area contributed by atoms with Crippen LogP contribution in [-0.4, -0.2) is 21.6 Å². The van der Waals surface area contributed by atoms with Crippen LogP contribution in [0.2, 0.25) is 0 Å². The lowest BCUT2D eigenvalue weighted by Crippen LogP contribution is -2.15. The van der Waals surface area contributed by atoms with Gasteiger partial charge in [-0.05, 0) is 38.0 Å². The number of benzene rings is 1. The first kappa shape index (κ1) is 14.1. The molecule has 1 aromatic heterocycles. The second kappa shape index (κ2) is 6.21. The van der Waals surface area contributed by atoms with Crippen LogP contribution in [0.3, 0.4) is 0 Å². The summed E-state index contributed by atoms with van der Waals surface area (Å²) in [5.74, 6) is 7.78. The Balaban J connectivity index is 2.00. The molecule has 0 bridgehead atoms. The average molecular weight is 273 g/mol.